The zero-order valence-corrected chi connectivity index (χ0v) is 12.0. The Hall–Kier alpha value is -1.60. The van der Waals surface area contributed by atoms with Crippen molar-refractivity contribution in [3.8, 4) is 0 Å². The SMILES string of the molecule is CS(=O)(=O)c1cc(N)cc(C(=O)OCC2CCOC2)c1. The van der Waals surface area contributed by atoms with Crippen LogP contribution in [-0.4, -0.2) is 40.5 Å². The normalized spacial score (nSPS) is 18.9. The predicted molar refractivity (Wildman–Crippen MR) is 73.2 cm³/mol. The summed E-state index contributed by atoms with van der Waals surface area (Å²) in [6.45, 7) is 1.53. The molecule has 7 heteroatoms. The first-order valence-corrected chi connectivity index (χ1v) is 8.11. The van der Waals surface area contributed by atoms with Gasteiger partial charge in [-0.1, -0.05) is 0 Å². The number of hydrogen-bond donors (Lipinski definition) is 1. The van der Waals surface area contributed by atoms with Gasteiger partial charge in [-0.3, -0.25) is 0 Å². The minimum Gasteiger partial charge on any atom is -0.462 e. The Morgan fingerprint density at radius 2 is 2.20 bits per heavy atom. The van der Waals surface area contributed by atoms with Crippen molar-refractivity contribution >= 4 is 21.5 Å². The van der Waals surface area contributed by atoms with Crippen LogP contribution in [0.1, 0.15) is 16.8 Å². The van der Waals surface area contributed by atoms with Gasteiger partial charge >= 0.3 is 5.97 Å². The van der Waals surface area contributed by atoms with Gasteiger partial charge in [-0.25, -0.2) is 13.2 Å². The summed E-state index contributed by atoms with van der Waals surface area (Å²) in [6.07, 6.45) is 1.92. The molecule has 2 N–H and O–H groups in total. The van der Waals surface area contributed by atoms with Crippen molar-refractivity contribution in [2.45, 2.75) is 11.3 Å². The average Bonchev–Trinajstić information content (AvgIpc) is 2.87. The maximum absolute atomic E-state index is 11.9. The molecule has 0 saturated carbocycles. The Morgan fingerprint density at radius 1 is 1.45 bits per heavy atom. The zero-order valence-electron chi connectivity index (χ0n) is 11.2. The monoisotopic (exact) mass is 299 g/mol. The molecule has 0 aromatic heterocycles. The topological polar surface area (TPSA) is 95.7 Å². The highest BCUT2D eigenvalue weighted by Gasteiger charge is 2.19. The van der Waals surface area contributed by atoms with Crippen molar-refractivity contribution in [2.75, 3.05) is 31.8 Å². The van der Waals surface area contributed by atoms with Crippen molar-refractivity contribution in [3.63, 3.8) is 0 Å². The van der Waals surface area contributed by atoms with Crippen LogP contribution in [0.15, 0.2) is 23.1 Å². The molecule has 1 aromatic carbocycles. The number of benzene rings is 1. The molecule has 20 heavy (non-hydrogen) atoms. The second-order valence-electron chi connectivity index (χ2n) is 4.89. The van der Waals surface area contributed by atoms with Crippen molar-refractivity contribution < 1.29 is 22.7 Å². The van der Waals surface area contributed by atoms with Crippen LogP contribution in [0.25, 0.3) is 0 Å². The van der Waals surface area contributed by atoms with E-state index in [1.807, 2.05) is 0 Å². The van der Waals surface area contributed by atoms with Crippen LogP contribution in [0, 0.1) is 5.92 Å². The number of carbonyl (C=O) groups excluding carboxylic acids is 1. The number of hydrogen-bond acceptors (Lipinski definition) is 6. The number of nitrogens with two attached hydrogens (primary N) is 1. The molecule has 0 amide bonds. The molecule has 1 heterocycles. The van der Waals surface area contributed by atoms with E-state index in [1.165, 1.54) is 18.2 Å². The molecule has 1 aliphatic rings. The minimum atomic E-state index is -3.42. The molecular weight excluding hydrogens is 282 g/mol. The molecule has 0 radical (unpaired) electrons. The van der Waals surface area contributed by atoms with Gasteiger partial charge in [0.1, 0.15) is 0 Å². The first-order chi connectivity index (χ1) is 9.36. The molecule has 0 bridgehead atoms. The van der Waals surface area contributed by atoms with Crippen LogP contribution in [-0.2, 0) is 19.3 Å². The number of rotatable bonds is 4. The van der Waals surface area contributed by atoms with E-state index in [9.17, 15) is 13.2 Å². The number of ether oxygens (including phenoxy) is 2. The molecule has 1 atom stereocenters. The molecule has 1 fully saturated rings. The number of nitrogen functional groups attached to an aromatic ring is 1. The fourth-order valence-electron chi connectivity index (χ4n) is 1.95. The smallest absolute Gasteiger partial charge is 0.338 e. The second kappa shape index (κ2) is 5.80. The Bertz CT molecular complexity index is 605. The van der Waals surface area contributed by atoms with Gasteiger partial charge in [-0.05, 0) is 24.6 Å². The predicted octanol–water partition coefficient (Wildman–Crippen LogP) is 0.866. The first kappa shape index (κ1) is 14.8. The quantitative estimate of drug-likeness (QED) is 0.654. The molecule has 6 nitrogen and oxygen atoms in total. The number of anilines is 1. The summed E-state index contributed by atoms with van der Waals surface area (Å²) < 4.78 is 33.4. The van der Waals surface area contributed by atoms with Gasteiger partial charge in [0.15, 0.2) is 9.84 Å². The number of esters is 1. The van der Waals surface area contributed by atoms with Crippen LogP contribution in [0.4, 0.5) is 5.69 Å². The summed E-state index contributed by atoms with van der Waals surface area (Å²) in [5.41, 5.74) is 5.97. The van der Waals surface area contributed by atoms with E-state index in [2.05, 4.69) is 0 Å². The fourth-order valence-corrected chi connectivity index (χ4v) is 2.64. The van der Waals surface area contributed by atoms with E-state index in [-0.39, 0.29) is 28.7 Å². The Balaban J connectivity index is 2.11. The van der Waals surface area contributed by atoms with Gasteiger partial charge in [-0.2, -0.15) is 0 Å². The summed E-state index contributed by atoms with van der Waals surface area (Å²) in [5, 5.41) is 0. The van der Waals surface area contributed by atoms with E-state index in [0.717, 1.165) is 12.7 Å². The molecule has 1 aromatic rings. The highest BCUT2D eigenvalue weighted by Crippen LogP contribution is 2.19. The van der Waals surface area contributed by atoms with Gasteiger partial charge in [0.25, 0.3) is 0 Å². The van der Waals surface area contributed by atoms with Gasteiger partial charge in [0.2, 0.25) is 0 Å². The molecular formula is C13H17NO5S. The molecule has 1 aliphatic heterocycles. The van der Waals surface area contributed by atoms with Gasteiger partial charge in [-0.15, -0.1) is 0 Å². The maximum atomic E-state index is 11.9. The van der Waals surface area contributed by atoms with E-state index < -0.39 is 15.8 Å². The molecule has 1 saturated heterocycles. The van der Waals surface area contributed by atoms with Crippen molar-refractivity contribution in [3.05, 3.63) is 23.8 Å². The highest BCUT2D eigenvalue weighted by atomic mass is 32.2. The molecule has 2 rings (SSSR count). The van der Waals surface area contributed by atoms with Crippen LogP contribution < -0.4 is 5.73 Å². The van der Waals surface area contributed by atoms with E-state index in [4.69, 9.17) is 15.2 Å². The summed E-state index contributed by atoms with van der Waals surface area (Å²) in [5.74, 6) is -0.372. The average molecular weight is 299 g/mol. The number of carbonyl (C=O) groups is 1. The van der Waals surface area contributed by atoms with Crippen LogP contribution in [0.5, 0.6) is 0 Å². The van der Waals surface area contributed by atoms with Crippen LogP contribution in [0.2, 0.25) is 0 Å². The van der Waals surface area contributed by atoms with Gasteiger partial charge in [0.05, 0.1) is 23.7 Å². The zero-order chi connectivity index (χ0) is 14.8. The molecule has 1 unspecified atom stereocenters. The van der Waals surface area contributed by atoms with E-state index >= 15 is 0 Å². The third-order valence-corrected chi connectivity index (χ3v) is 4.16. The van der Waals surface area contributed by atoms with Crippen LogP contribution >= 0.6 is 0 Å². The van der Waals surface area contributed by atoms with Crippen LogP contribution in [0.3, 0.4) is 0 Å². The summed E-state index contributed by atoms with van der Waals surface area (Å²) >= 11 is 0. The Morgan fingerprint density at radius 3 is 2.80 bits per heavy atom. The summed E-state index contributed by atoms with van der Waals surface area (Å²) in [7, 11) is -3.42. The second-order valence-corrected chi connectivity index (χ2v) is 6.91. The highest BCUT2D eigenvalue weighted by molar-refractivity contribution is 7.90. The fraction of sp³-hybridized carbons (Fsp3) is 0.462. The third kappa shape index (κ3) is 3.71. The Kier molecular flexibility index (Phi) is 4.29. The molecule has 0 aliphatic carbocycles. The van der Waals surface area contributed by atoms with E-state index in [0.29, 0.717) is 13.2 Å². The lowest BCUT2D eigenvalue weighted by atomic mass is 10.1. The lowest BCUT2D eigenvalue weighted by molar-refractivity contribution is 0.0428. The van der Waals surface area contributed by atoms with Crippen molar-refractivity contribution in [2.24, 2.45) is 5.92 Å². The molecule has 0 spiro atoms. The molecule has 110 valence electrons. The first-order valence-electron chi connectivity index (χ1n) is 6.22. The third-order valence-electron chi connectivity index (χ3n) is 3.07. The van der Waals surface area contributed by atoms with Crippen molar-refractivity contribution in [1.29, 1.82) is 0 Å². The summed E-state index contributed by atoms with van der Waals surface area (Å²) in [4.78, 5) is 11.9. The van der Waals surface area contributed by atoms with Gasteiger partial charge in [0, 0.05) is 24.5 Å². The Labute approximate surface area is 117 Å². The largest absolute Gasteiger partial charge is 0.462 e. The summed E-state index contributed by atoms with van der Waals surface area (Å²) in [6, 6.07) is 4.00. The lowest BCUT2D eigenvalue weighted by Gasteiger charge is -2.10. The standard InChI is InChI=1S/C13H17NO5S/c1-20(16,17)12-5-10(4-11(14)6-12)13(15)19-8-9-2-3-18-7-9/h4-6,9H,2-3,7-8,14H2,1H3. The number of sulfone groups is 1. The van der Waals surface area contributed by atoms with E-state index in [1.54, 1.807) is 0 Å². The lowest BCUT2D eigenvalue weighted by Crippen LogP contribution is -2.15. The van der Waals surface area contributed by atoms with Crippen molar-refractivity contribution in [1.82, 2.24) is 0 Å². The minimum absolute atomic E-state index is 0.00801. The van der Waals surface area contributed by atoms with Gasteiger partial charge < -0.3 is 15.2 Å². The maximum Gasteiger partial charge on any atom is 0.338 e.